The van der Waals surface area contributed by atoms with E-state index < -0.39 is 6.04 Å². The maximum absolute atomic E-state index is 13.2. The molecule has 2 aromatic rings. The summed E-state index contributed by atoms with van der Waals surface area (Å²) in [5.74, 6) is -0.512. The number of amides is 1. The summed E-state index contributed by atoms with van der Waals surface area (Å²) in [6.07, 6.45) is 0. The van der Waals surface area contributed by atoms with Gasteiger partial charge >= 0.3 is 0 Å². The number of nitriles is 1. The van der Waals surface area contributed by atoms with Crippen LogP contribution in [0.3, 0.4) is 0 Å². The van der Waals surface area contributed by atoms with E-state index in [1.807, 2.05) is 17.0 Å². The van der Waals surface area contributed by atoms with E-state index in [4.69, 9.17) is 5.26 Å². The molecule has 0 radical (unpaired) electrons. The van der Waals surface area contributed by atoms with Gasteiger partial charge in [-0.1, -0.05) is 24.3 Å². The molecule has 0 bridgehead atoms. The summed E-state index contributed by atoms with van der Waals surface area (Å²) in [6.45, 7) is 2.22. The smallest absolute Gasteiger partial charge is 0.241 e. The first kappa shape index (κ1) is 16.7. The zero-order chi connectivity index (χ0) is 16.8. The van der Waals surface area contributed by atoms with Crippen LogP contribution in [0, 0.1) is 17.1 Å². The molecule has 0 spiro atoms. The van der Waals surface area contributed by atoms with Gasteiger partial charge in [-0.2, -0.15) is 5.26 Å². The molecule has 0 aliphatic carbocycles. The normalized spacial score (nSPS) is 11.8. The maximum atomic E-state index is 13.2. The Morgan fingerprint density at radius 1 is 1.30 bits per heavy atom. The van der Waals surface area contributed by atoms with Crippen molar-refractivity contribution in [3.8, 4) is 6.07 Å². The summed E-state index contributed by atoms with van der Waals surface area (Å²) < 4.78 is 13.2. The Morgan fingerprint density at radius 3 is 2.74 bits per heavy atom. The van der Waals surface area contributed by atoms with Crippen molar-refractivity contribution in [3.05, 3.63) is 65.5 Å². The molecule has 118 valence electrons. The summed E-state index contributed by atoms with van der Waals surface area (Å²) in [6, 6.07) is 14.8. The van der Waals surface area contributed by atoms with Gasteiger partial charge in [0, 0.05) is 6.54 Å². The van der Waals surface area contributed by atoms with Gasteiger partial charge in [0.05, 0.1) is 17.3 Å². The van der Waals surface area contributed by atoms with Gasteiger partial charge in [0.15, 0.2) is 0 Å². The summed E-state index contributed by atoms with van der Waals surface area (Å²) in [5.41, 5.74) is 1.71. The molecule has 0 heterocycles. The minimum Gasteiger partial charge on any atom is -0.324 e. The lowest BCUT2D eigenvalue weighted by atomic mass is 10.1. The molecule has 0 aliphatic rings. The van der Waals surface area contributed by atoms with Crippen LogP contribution in [0.25, 0.3) is 0 Å². The highest BCUT2D eigenvalue weighted by Gasteiger charge is 2.19. The molecule has 1 unspecified atom stereocenters. The van der Waals surface area contributed by atoms with Crippen molar-refractivity contribution < 1.29 is 9.18 Å². The van der Waals surface area contributed by atoms with Gasteiger partial charge in [0.1, 0.15) is 11.9 Å². The topological polar surface area (TPSA) is 56.1 Å². The van der Waals surface area contributed by atoms with Crippen LogP contribution in [0.2, 0.25) is 0 Å². The van der Waals surface area contributed by atoms with Crippen molar-refractivity contribution in [2.24, 2.45) is 0 Å². The summed E-state index contributed by atoms with van der Waals surface area (Å²) in [4.78, 5) is 14.2. The van der Waals surface area contributed by atoms with E-state index in [-0.39, 0.29) is 11.7 Å². The lowest BCUT2D eigenvalue weighted by Gasteiger charge is -2.24. The van der Waals surface area contributed by atoms with Crippen molar-refractivity contribution in [2.75, 3.05) is 12.4 Å². The van der Waals surface area contributed by atoms with E-state index in [9.17, 15) is 9.18 Å². The minimum absolute atomic E-state index is 0.216. The van der Waals surface area contributed by atoms with Crippen LogP contribution in [-0.4, -0.2) is 23.9 Å². The second-order valence-corrected chi connectivity index (χ2v) is 5.37. The molecule has 0 aliphatic heterocycles. The molecular formula is C18H18FN3O. The first-order chi connectivity index (χ1) is 11.0. The number of anilines is 1. The predicted octanol–water partition coefficient (Wildman–Crippen LogP) is 3.16. The van der Waals surface area contributed by atoms with E-state index in [0.717, 1.165) is 5.56 Å². The van der Waals surface area contributed by atoms with Gasteiger partial charge in [-0.05, 0) is 43.8 Å². The highest BCUT2D eigenvalue weighted by Crippen LogP contribution is 2.15. The van der Waals surface area contributed by atoms with Gasteiger partial charge in [-0.25, -0.2) is 4.39 Å². The summed E-state index contributed by atoms with van der Waals surface area (Å²) in [7, 11) is 1.80. The monoisotopic (exact) mass is 311 g/mol. The van der Waals surface area contributed by atoms with Gasteiger partial charge in [0.2, 0.25) is 5.91 Å². The van der Waals surface area contributed by atoms with Crippen LogP contribution in [0.15, 0.2) is 48.5 Å². The number of benzene rings is 2. The number of rotatable bonds is 5. The minimum atomic E-state index is -0.426. The molecule has 2 rings (SSSR count). The molecule has 1 amide bonds. The Hall–Kier alpha value is -2.71. The fourth-order valence-electron chi connectivity index (χ4n) is 2.19. The standard InChI is InChI=1S/C18H18FN3O/c1-13(22(2)12-14-6-5-8-16(19)10-14)18(23)21-17-9-4-3-7-15(17)11-20/h3-10,13H,12H2,1-2H3,(H,21,23). The number of para-hydroxylation sites is 1. The molecule has 0 aromatic heterocycles. The number of nitrogens with one attached hydrogen (secondary N) is 1. The molecule has 1 N–H and O–H groups in total. The third kappa shape index (κ3) is 4.38. The third-order valence-electron chi connectivity index (χ3n) is 3.67. The zero-order valence-electron chi connectivity index (χ0n) is 13.1. The van der Waals surface area contributed by atoms with Crippen LogP contribution >= 0.6 is 0 Å². The lowest BCUT2D eigenvalue weighted by Crippen LogP contribution is -2.39. The van der Waals surface area contributed by atoms with E-state index in [0.29, 0.717) is 17.8 Å². The Kier molecular flexibility index (Phi) is 5.45. The zero-order valence-corrected chi connectivity index (χ0v) is 13.1. The highest BCUT2D eigenvalue weighted by molar-refractivity contribution is 5.95. The number of carbonyl (C=O) groups excluding carboxylic acids is 1. The van der Waals surface area contributed by atoms with E-state index in [2.05, 4.69) is 5.32 Å². The quantitative estimate of drug-likeness (QED) is 0.923. The molecule has 0 fully saturated rings. The largest absolute Gasteiger partial charge is 0.324 e. The van der Waals surface area contributed by atoms with Gasteiger partial charge in [-0.3, -0.25) is 9.69 Å². The van der Waals surface area contributed by atoms with Crippen molar-refractivity contribution in [3.63, 3.8) is 0 Å². The van der Waals surface area contributed by atoms with E-state index in [1.54, 1.807) is 44.3 Å². The maximum Gasteiger partial charge on any atom is 0.241 e. The number of carbonyl (C=O) groups is 1. The Balaban J connectivity index is 2.03. The Labute approximate surface area is 135 Å². The third-order valence-corrected chi connectivity index (χ3v) is 3.67. The van der Waals surface area contributed by atoms with Crippen molar-refractivity contribution in [1.82, 2.24) is 4.90 Å². The Bertz CT molecular complexity index is 739. The summed E-state index contributed by atoms with van der Waals surface area (Å²) >= 11 is 0. The van der Waals surface area contributed by atoms with Crippen LogP contribution < -0.4 is 5.32 Å². The number of likely N-dealkylation sites (N-methyl/N-ethyl adjacent to an activating group) is 1. The number of hydrogen-bond acceptors (Lipinski definition) is 3. The SMILES string of the molecule is CC(C(=O)Nc1ccccc1C#N)N(C)Cc1cccc(F)c1. The average molecular weight is 311 g/mol. The molecule has 0 saturated carbocycles. The first-order valence-corrected chi connectivity index (χ1v) is 7.26. The lowest BCUT2D eigenvalue weighted by molar-refractivity contribution is -0.120. The highest BCUT2D eigenvalue weighted by atomic mass is 19.1. The van der Waals surface area contributed by atoms with Crippen LogP contribution in [0.1, 0.15) is 18.1 Å². The summed E-state index contributed by atoms with van der Waals surface area (Å²) in [5, 5.41) is 11.8. The molecular weight excluding hydrogens is 293 g/mol. The molecule has 2 aromatic carbocycles. The van der Waals surface area contributed by atoms with Crippen molar-refractivity contribution in [2.45, 2.75) is 19.5 Å². The van der Waals surface area contributed by atoms with Gasteiger partial charge in [0.25, 0.3) is 0 Å². The van der Waals surface area contributed by atoms with E-state index in [1.165, 1.54) is 12.1 Å². The number of nitrogens with zero attached hydrogens (tertiary/aromatic N) is 2. The second-order valence-electron chi connectivity index (χ2n) is 5.37. The van der Waals surface area contributed by atoms with Crippen LogP contribution in [0.5, 0.6) is 0 Å². The molecule has 1 atom stereocenters. The fourth-order valence-corrected chi connectivity index (χ4v) is 2.19. The van der Waals surface area contributed by atoms with Crippen LogP contribution in [0.4, 0.5) is 10.1 Å². The Morgan fingerprint density at radius 2 is 2.04 bits per heavy atom. The second kappa shape index (κ2) is 7.52. The fraction of sp³-hybridized carbons (Fsp3) is 0.222. The molecule has 5 heteroatoms. The number of hydrogen-bond donors (Lipinski definition) is 1. The molecule has 0 saturated heterocycles. The van der Waals surface area contributed by atoms with Crippen LogP contribution in [-0.2, 0) is 11.3 Å². The van der Waals surface area contributed by atoms with Crippen molar-refractivity contribution >= 4 is 11.6 Å². The molecule has 23 heavy (non-hydrogen) atoms. The predicted molar refractivity (Wildman–Crippen MR) is 87.1 cm³/mol. The molecule has 4 nitrogen and oxygen atoms in total. The van der Waals surface area contributed by atoms with Gasteiger partial charge < -0.3 is 5.32 Å². The van der Waals surface area contributed by atoms with E-state index >= 15 is 0 Å². The first-order valence-electron chi connectivity index (χ1n) is 7.26. The average Bonchev–Trinajstić information content (AvgIpc) is 2.54. The van der Waals surface area contributed by atoms with Gasteiger partial charge in [-0.15, -0.1) is 0 Å². The number of halogens is 1. The van der Waals surface area contributed by atoms with Crippen molar-refractivity contribution in [1.29, 1.82) is 5.26 Å².